The molecule has 0 unspecified atom stereocenters. The summed E-state index contributed by atoms with van der Waals surface area (Å²) in [6, 6.07) is 92.6. The van der Waals surface area contributed by atoms with Gasteiger partial charge in [-0.05, 0) is 128 Å². The van der Waals surface area contributed by atoms with Gasteiger partial charge in [0.15, 0.2) is 0 Å². The largest absolute Gasteiger partial charge is 0.455 e. The van der Waals surface area contributed by atoms with E-state index < -0.39 is 0 Å². The first-order chi connectivity index (χ1) is 34.2. The number of aromatic nitrogens is 1. The number of benzene rings is 12. The van der Waals surface area contributed by atoms with E-state index in [0.29, 0.717) is 0 Å². The lowest BCUT2D eigenvalue weighted by Crippen LogP contribution is -2.12. The molecule has 2 aromatic heterocycles. The Labute approximate surface area is 399 Å². The van der Waals surface area contributed by atoms with E-state index in [1.54, 1.807) is 0 Å². The Morgan fingerprint density at radius 1 is 0.319 bits per heavy atom. The van der Waals surface area contributed by atoms with Crippen molar-refractivity contribution in [2.24, 2.45) is 0 Å². The molecule has 0 atom stereocenters. The van der Waals surface area contributed by atoms with Crippen LogP contribution in [0.25, 0.3) is 115 Å². The summed E-state index contributed by atoms with van der Waals surface area (Å²) >= 11 is 0. The second-order valence-electron chi connectivity index (χ2n) is 18.0. The van der Waals surface area contributed by atoms with E-state index in [2.05, 4.69) is 264 Å². The van der Waals surface area contributed by atoms with Crippen LogP contribution in [0.15, 0.2) is 259 Å². The molecule has 322 valence electrons. The third-order valence-corrected chi connectivity index (χ3v) is 14.2. The SMILES string of the molecule is c1ccc(-c2cc(-c3cc4ccccc4c4ccccc34)ccc2N(c2ccc(-c3cccc(-n4c5ccccc5c5ccccc54)c3)cc2)c2cccc3oc4c5ccccc5ccc4c23)cc1. The quantitative estimate of drug-likeness (QED) is 0.149. The number of rotatable bonds is 7. The minimum atomic E-state index is 0.850. The van der Waals surface area contributed by atoms with Crippen molar-refractivity contribution < 1.29 is 4.42 Å². The molecule has 3 nitrogen and oxygen atoms in total. The van der Waals surface area contributed by atoms with Crippen molar-refractivity contribution in [1.29, 1.82) is 0 Å². The zero-order chi connectivity index (χ0) is 45.4. The van der Waals surface area contributed by atoms with Crippen LogP contribution in [0.4, 0.5) is 17.1 Å². The molecular formula is C66H42N2O. The van der Waals surface area contributed by atoms with Gasteiger partial charge < -0.3 is 13.9 Å². The van der Waals surface area contributed by atoms with Crippen molar-refractivity contribution >= 4 is 93.1 Å². The second-order valence-corrected chi connectivity index (χ2v) is 18.0. The Hall–Kier alpha value is -9.18. The van der Waals surface area contributed by atoms with Crippen molar-refractivity contribution in [3.63, 3.8) is 0 Å². The van der Waals surface area contributed by atoms with Crippen LogP contribution in [-0.2, 0) is 0 Å². The molecule has 0 aliphatic carbocycles. The lowest BCUT2D eigenvalue weighted by atomic mass is 9.91. The maximum absolute atomic E-state index is 6.84. The van der Waals surface area contributed by atoms with Gasteiger partial charge in [-0.15, -0.1) is 0 Å². The highest BCUT2D eigenvalue weighted by Crippen LogP contribution is 2.49. The predicted molar refractivity (Wildman–Crippen MR) is 292 cm³/mol. The average Bonchev–Trinajstić information content (AvgIpc) is 3.98. The second kappa shape index (κ2) is 15.7. The van der Waals surface area contributed by atoms with Gasteiger partial charge in [0, 0.05) is 38.5 Å². The first kappa shape index (κ1) is 39.0. The molecule has 0 spiro atoms. The van der Waals surface area contributed by atoms with Gasteiger partial charge in [0.05, 0.1) is 27.8 Å². The highest BCUT2D eigenvalue weighted by atomic mass is 16.3. The molecule has 14 aromatic rings. The number of fused-ring (bicyclic) bond motifs is 11. The molecule has 69 heavy (non-hydrogen) atoms. The predicted octanol–water partition coefficient (Wildman–Crippen LogP) is 18.6. The fourth-order valence-electron chi connectivity index (χ4n) is 11.0. The summed E-state index contributed by atoms with van der Waals surface area (Å²) in [6.07, 6.45) is 0. The van der Waals surface area contributed by atoms with E-state index in [1.807, 2.05) is 0 Å². The Balaban J connectivity index is 0.977. The highest BCUT2D eigenvalue weighted by molar-refractivity contribution is 6.20. The molecule has 0 saturated heterocycles. The van der Waals surface area contributed by atoms with Gasteiger partial charge in [0.2, 0.25) is 0 Å². The third-order valence-electron chi connectivity index (χ3n) is 14.2. The molecule has 3 heteroatoms. The van der Waals surface area contributed by atoms with E-state index in [1.165, 1.54) is 48.9 Å². The Kier molecular flexibility index (Phi) is 8.90. The van der Waals surface area contributed by atoms with Crippen LogP contribution in [0.1, 0.15) is 0 Å². The molecule has 14 rings (SSSR count). The topological polar surface area (TPSA) is 21.3 Å². The molecule has 2 heterocycles. The van der Waals surface area contributed by atoms with Crippen molar-refractivity contribution in [1.82, 2.24) is 4.57 Å². The number of anilines is 3. The first-order valence-corrected chi connectivity index (χ1v) is 23.7. The number of hydrogen-bond acceptors (Lipinski definition) is 2. The first-order valence-electron chi connectivity index (χ1n) is 23.7. The van der Waals surface area contributed by atoms with E-state index in [9.17, 15) is 0 Å². The van der Waals surface area contributed by atoms with Gasteiger partial charge in [-0.2, -0.15) is 0 Å². The van der Waals surface area contributed by atoms with Crippen LogP contribution in [0, 0.1) is 0 Å². The summed E-state index contributed by atoms with van der Waals surface area (Å²) in [5.41, 5.74) is 15.4. The van der Waals surface area contributed by atoms with E-state index >= 15 is 0 Å². The van der Waals surface area contributed by atoms with Crippen LogP contribution >= 0.6 is 0 Å². The summed E-state index contributed by atoms with van der Waals surface area (Å²) in [7, 11) is 0. The van der Waals surface area contributed by atoms with Gasteiger partial charge >= 0.3 is 0 Å². The van der Waals surface area contributed by atoms with Crippen LogP contribution in [0.5, 0.6) is 0 Å². The average molecular weight is 879 g/mol. The maximum atomic E-state index is 6.84. The molecule has 12 aromatic carbocycles. The molecule has 0 aliphatic heterocycles. The third kappa shape index (κ3) is 6.29. The fourth-order valence-corrected chi connectivity index (χ4v) is 11.0. The normalized spacial score (nSPS) is 11.8. The molecule has 0 radical (unpaired) electrons. The summed E-state index contributed by atoms with van der Waals surface area (Å²) in [5, 5.41) is 11.9. The number of hydrogen-bond donors (Lipinski definition) is 0. The van der Waals surface area contributed by atoms with Crippen LogP contribution in [-0.4, -0.2) is 4.57 Å². The van der Waals surface area contributed by atoms with E-state index in [0.717, 1.165) is 83.3 Å². The monoisotopic (exact) mass is 878 g/mol. The van der Waals surface area contributed by atoms with E-state index in [-0.39, 0.29) is 0 Å². The van der Waals surface area contributed by atoms with Gasteiger partial charge in [-0.1, -0.05) is 182 Å². The zero-order valence-corrected chi connectivity index (χ0v) is 37.6. The smallest absolute Gasteiger partial charge is 0.143 e. The molecular weight excluding hydrogens is 837 g/mol. The summed E-state index contributed by atoms with van der Waals surface area (Å²) in [6.45, 7) is 0. The molecule has 0 N–H and O–H groups in total. The standard InChI is InChI=1S/C66H42N2O/c1-2-16-44(17-3-1)59-42-48(58-41-47-19-5-6-22-51(47)53-24-8-9-25-54(53)58)35-39-62(59)67(63-30-15-31-64-65(63)57-38-34-45-18-4-7-23-52(45)66(57)69-64)49-36-32-43(33-37-49)46-20-14-21-50(40-46)68-60-28-12-10-26-55(60)56-27-11-13-29-61(56)68/h1-42H. The maximum Gasteiger partial charge on any atom is 0.143 e. The lowest BCUT2D eigenvalue weighted by Gasteiger charge is -2.29. The van der Waals surface area contributed by atoms with Crippen LogP contribution in [0.2, 0.25) is 0 Å². The van der Waals surface area contributed by atoms with Gasteiger partial charge in [0.1, 0.15) is 11.2 Å². The Morgan fingerprint density at radius 2 is 0.942 bits per heavy atom. The fraction of sp³-hybridized carbons (Fsp3) is 0. The number of para-hydroxylation sites is 2. The minimum Gasteiger partial charge on any atom is -0.455 e. The minimum absolute atomic E-state index is 0.850. The number of nitrogens with zero attached hydrogens (tertiary/aromatic N) is 2. The molecule has 0 saturated carbocycles. The van der Waals surface area contributed by atoms with Gasteiger partial charge in [0.25, 0.3) is 0 Å². The highest BCUT2D eigenvalue weighted by Gasteiger charge is 2.24. The zero-order valence-electron chi connectivity index (χ0n) is 37.6. The Bertz CT molecular complexity index is 4260. The Morgan fingerprint density at radius 3 is 1.72 bits per heavy atom. The van der Waals surface area contributed by atoms with E-state index in [4.69, 9.17) is 4.42 Å². The summed E-state index contributed by atoms with van der Waals surface area (Å²) < 4.78 is 9.23. The molecule has 0 amide bonds. The van der Waals surface area contributed by atoms with Crippen molar-refractivity contribution in [2.75, 3.05) is 4.90 Å². The van der Waals surface area contributed by atoms with Crippen molar-refractivity contribution in [3.05, 3.63) is 255 Å². The lowest BCUT2D eigenvalue weighted by molar-refractivity contribution is 0.672. The molecule has 0 fully saturated rings. The van der Waals surface area contributed by atoms with Crippen molar-refractivity contribution in [2.45, 2.75) is 0 Å². The molecule has 0 aliphatic rings. The van der Waals surface area contributed by atoms with Gasteiger partial charge in [-0.3, -0.25) is 0 Å². The summed E-state index contributed by atoms with van der Waals surface area (Å²) in [5.74, 6) is 0. The molecule has 0 bridgehead atoms. The summed E-state index contributed by atoms with van der Waals surface area (Å²) in [4.78, 5) is 2.44. The van der Waals surface area contributed by atoms with Crippen LogP contribution < -0.4 is 4.90 Å². The van der Waals surface area contributed by atoms with Crippen molar-refractivity contribution in [3.8, 4) is 39.1 Å². The number of furan rings is 1. The van der Waals surface area contributed by atoms with Crippen LogP contribution in [0.3, 0.4) is 0 Å². The van der Waals surface area contributed by atoms with Gasteiger partial charge in [-0.25, -0.2) is 0 Å².